The summed E-state index contributed by atoms with van der Waals surface area (Å²) in [7, 11) is 0. The molecular weight excluding hydrogens is 677 g/mol. The predicted octanol–water partition coefficient (Wildman–Crippen LogP) is 15.0. The number of hydrogen-bond donors (Lipinski definition) is 0. The van der Waals surface area contributed by atoms with E-state index >= 15 is 0 Å². The topological polar surface area (TPSA) is 8.17 Å². The van der Waals surface area contributed by atoms with Crippen molar-refractivity contribution in [1.29, 1.82) is 0 Å². The number of anilines is 3. The van der Waals surface area contributed by atoms with Gasteiger partial charge >= 0.3 is 0 Å². The number of nitrogens with zero attached hydrogens (tertiary/aromatic N) is 2. The molecule has 262 valence electrons. The van der Waals surface area contributed by atoms with Gasteiger partial charge in [-0.25, -0.2) is 0 Å². The van der Waals surface area contributed by atoms with E-state index in [0.717, 1.165) is 28.3 Å². The molecule has 11 aromatic rings. The molecule has 2 heteroatoms. The molecule has 0 spiro atoms. The first-order valence-electron chi connectivity index (χ1n) is 19.3. The van der Waals surface area contributed by atoms with E-state index < -0.39 is 0 Å². The van der Waals surface area contributed by atoms with E-state index in [2.05, 4.69) is 228 Å². The first kappa shape index (κ1) is 32.0. The number of aromatic nitrogens is 1. The van der Waals surface area contributed by atoms with E-state index in [1.54, 1.807) is 0 Å². The Labute approximate surface area is 325 Å². The van der Waals surface area contributed by atoms with Gasteiger partial charge in [-0.3, -0.25) is 0 Å². The van der Waals surface area contributed by atoms with Gasteiger partial charge in [0.25, 0.3) is 0 Å². The molecule has 0 saturated heterocycles. The summed E-state index contributed by atoms with van der Waals surface area (Å²) in [5, 5.41) is 9.89. The zero-order valence-corrected chi connectivity index (χ0v) is 30.7. The molecule has 1 heterocycles. The number of fused-ring (bicyclic) bond motifs is 8. The monoisotopic (exact) mass is 712 g/mol. The highest BCUT2D eigenvalue weighted by Gasteiger charge is 2.23. The highest BCUT2D eigenvalue weighted by molar-refractivity contribution is 6.21. The highest BCUT2D eigenvalue weighted by Crippen LogP contribution is 2.48. The number of rotatable bonds is 6. The Morgan fingerprint density at radius 1 is 0.304 bits per heavy atom. The van der Waals surface area contributed by atoms with E-state index in [0.29, 0.717) is 0 Å². The summed E-state index contributed by atoms with van der Waals surface area (Å²) in [6.45, 7) is 0. The van der Waals surface area contributed by atoms with Crippen molar-refractivity contribution in [3.05, 3.63) is 218 Å². The highest BCUT2D eigenvalue weighted by atomic mass is 15.1. The van der Waals surface area contributed by atoms with Crippen LogP contribution in [0.1, 0.15) is 0 Å². The summed E-state index contributed by atoms with van der Waals surface area (Å²) in [5.41, 5.74) is 11.5. The lowest BCUT2D eigenvalue weighted by atomic mass is 9.94. The maximum absolute atomic E-state index is 2.51. The van der Waals surface area contributed by atoms with Gasteiger partial charge in [0.15, 0.2) is 0 Å². The van der Waals surface area contributed by atoms with Crippen molar-refractivity contribution in [2.45, 2.75) is 0 Å². The summed E-state index contributed by atoms with van der Waals surface area (Å²) in [6, 6.07) is 79.7. The molecular formula is C54H36N2. The third-order valence-electron chi connectivity index (χ3n) is 11.3. The molecule has 11 rings (SSSR count). The maximum Gasteiger partial charge on any atom is 0.0546 e. The number of hydrogen-bond acceptors (Lipinski definition) is 1. The van der Waals surface area contributed by atoms with Crippen molar-refractivity contribution in [2.24, 2.45) is 0 Å². The third kappa shape index (κ3) is 5.19. The zero-order chi connectivity index (χ0) is 37.0. The second kappa shape index (κ2) is 13.2. The normalized spacial score (nSPS) is 11.6. The van der Waals surface area contributed by atoms with Crippen LogP contribution in [0.5, 0.6) is 0 Å². The zero-order valence-electron chi connectivity index (χ0n) is 30.7. The van der Waals surface area contributed by atoms with Gasteiger partial charge in [0, 0.05) is 33.1 Å². The van der Waals surface area contributed by atoms with Crippen LogP contribution in [0, 0.1) is 0 Å². The Balaban J connectivity index is 1.29. The van der Waals surface area contributed by atoms with E-state index in [-0.39, 0.29) is 0 Å². The van der Waals surface area contributed by atoms with Gasteiger partial charge in [0.1, 0.15) is 0 Å². The molecule has 0 amide bonds. The fourth-order valence-corrected chi connectivity index (χ4v) is 8.82. The number of para-hydroxylation sites is 3. The van der Waals surface area contributed by atoms with Gasteiger partial charge in [-0.2, -0.15) is 0 Å². The molecule has 0 N–H and O–H groups in total. The van der Waals surface area contributed by atoms with Gasteiger partial charge in [0.2, 0.25) is 0 Å². The summed E-state index contributed by atoms with van der Waals surface area (Å²) >= 11 is 0. The molecule has 0 atom stereocenters. The average molecular weight is 713 g/mol. The van der Waals surface area contributed by atoms with Crippen molar-refractivity contribution in [1.82, 2.24) is 4.57 Å². The Morgan fingerprint density at radius 3 is 1.59 bits per heavy atom. The van der Waals surface area contributed by atoms with Crippen molar-refractivity contribution in [3.63, 3.8) is 0 Å². The van der Waals surface area contributed by atoms with E-state index in [9.17, 15) is 0 Å². The number of benzene rings is 10. The van der Waals surface area contributed by atoms with Crippen LogP contribution in [-0.4, -0.2) is 4.57 Å². The molecule has 0 bridgehead atoms. The minimum absolute atomic E-state index is 1.08. The van der Waals surface area contributed by atoms with Gasteiger partial charge in [0.05, 0.1) is 22.4 Å². The van der Waals surface area contributed by atoms with Crippen LogP contribution in [0.15, 0.2) is 218 Å². The van der Waals surface area contributed by atoms with Crippen molar-refractivity contribution in [3.8, 4) is 27.9 Å². The summed E-state index contributed by atoms with van der Waals surface area (Å²) in [6.07, 6.45) is 0. The molecule has 2 nitrogen and oxygen atoms in total. The van der Waals surface area contributed by atoms with E-state index in [1.165, 1.54) is 70.8 Å². The third-order valence-corrected chi connectivity index (χ3v) is 11.3. The molecule has 0 radical (unpaired) electrons. The van der Waals surface area contributed by atoms with Gasteiger partial charge in [-0.15, -0.1) is 0 Å². The quantitative estimate of drug-likeness (QED) is 0.156. The Hall–Kier alpha value is -7.42. The Kier molecular flexibility index (Phi) is 7.53. The molecule has 0 aliphatic rings. The van der Waals surface area contributed by atoms with Crippen LogP contribution < -0.4 is 4.90 Å². The van der Waals surface area contributed by atoms with E-state index in [4.69, 9.17) is 0 Å². The average Bonchev–Trinajstić information content (AvgIpc) is 3.61. The fourth-order valence-electron chi connectivity index (χ4n) is 8.82. The molecule has 0 saturated carbocycles. The van der Waals surface area contributed by atoms with Crippen molar-refractivity contribution in [2.75, 3.05) is 4.90 Å². The molecule has 56 heavy (non-hydrogen) atoms. The van der Waals surface area contributed by atoms with Crippen LogP contribution in [0.2, 0.25) is 0 Å². The lowest BCUT2D eigenvalue weighted by Crippen LogP contribution is -2.13. The summed E-state index contributed by atoms with van der Waals surface area (Å²) < 4.78 is 2.44. The predicted molar refractivity (Wildman–Crippen MR) is 239 cm³/mol. The first-order chi connectivity index (χ1) is 27.8. The molecule has 0 aliphatic heterocycles. The van der Waals surface area contributed by atoms with Gasteiger partial charge in [-0.05, 0) is 86.1 Å². The first-order valence-corrected chi connectivity index (χ1v) is 19.3. The molecule has 1 aromatic heterocycles. The van der Waals surface area contributed by atoms with Gasteiger partial charge < -0.3 is 9.47 Å². The van der Waals surface area contributed by atoms with E-state index in [1.807, 2.05) is 0 Å². The van der Waals surface area contributed by atoms with Gasteiger partial charge in [-0.1, -0.05) is 176 Å². The smallest absolute Gasteiger partial charge is 0.0546 e. The Morgan fingerprint density at radius 2 is 0.857 bits per heavy atom. The van der Waals surface area contributed by atoms with Crippen LogP contribution in [-0.2, 0) is 0 Å². The SMILES string of the molecule is c1ccc(-c2cc(N(c3ccccc3-c3ccccc3)c3cc4c5ccccc5ccc4c4ccccc34)cc(-n3c4ccccc4c4ccccc43)c2)cc1. The molecule has 10 aromatic carbocycles. The minimum Gasteiger partial charge on any atom is -0.309 e. The minimum atomic E-state index is 1.08. The standard InChI is InChI=1S/C54H36N2/c1-3-17-37(18-4-1)40-33-41(55-52-29-15-12-26-48(52)49-27-13-16-30-53(49)55)35-42(34-40)56(51-28-14-11-23-44(51)38-19-5-2-6-20-38)54-36-50-43-22-8-7-21-39(43)31-32-46(50)45-24-9-10-25-47(45)54/h1-36H. The lowest BCUT2D eigenvalue weighted by Gasteiger charge is -2.31. The largest absolute Gasteiger partial charge is 0.309 e. The molecule has 0 fully saturated rings. The summed E-state index contributed by atoms with van der Waals surface area (Å²) in [4.78, 5) is 2.51. The van der Waals surface area contributed by atoms with Crippen molar-refractivity contribution < 1.29 is 0 Å². The van der Waals surface area contributed by atoms with Crippen molar-refractivity contribution >= 4 is 71.2 Å². The summed E-state index contributed by atoms with van der Waals surface area (Å²) in [5.74, 6) is 0. The molecule has 0 aliphatic carbocycles. The maximum atomic E-state index is 2.51. The lowest BCUT2D eigenvalue weighted by molar-refractivity contribution is 1.17. The van der Waals surface area contributed by atoms with Crippen LogP contribution >= 0.6 is 0 Å². The van der Waals surface area contributed by atoms with Crippen LogP contribution in [0.3, 0.4) is 0 Å². The second-order valence-electron chi connectivity index (χ2n) is 14.5. The van der Waals surface area contributed by atoms with Crippen LogP contribution in [0.4, 0.5) is 17.1 Å². The Bertz CT molecular complexity index is 3200. The fraction of sp³-hybridized carbons (Fsp3) is 0. The molecule has 0 unspecified atom stereocenters. The van der Waals surface area contributed by atoms with Crippen LogP contribution in [0.25, 0.3) is 82.1 Å². The second-order valence-corrected chi connectivity index (χ2v) is 14.5.